The van der Waals surface area contributed by atoms with E-state index in [-0.39, 0.29) is 0 Å². The highest BCUT2D eigenvalue weighted by Gasteiger charge is 2.26. The first-order valence-electron chi connectivity index (χ1n) is 10.5. The molecule has 29 heavy (non-hydrogen) atoms. The van der Waals surface area contributed by atoms with E-state index in [1.165, 1.54) is 24.1 Å². The van der Waals surface area contributed by atoms with Crippen LogP contribution in [0.2, 0.25) is 0 Å². The number of aliphatic imine (C=N–C) groups is 1. The number of anilines is 1. The SMILES string of the molecule is CCCn1c(-c2cnn(Cc3ccccc3)c2)nc2c1CN=C(N1CCCC1)N2. The molecular weight excluding hydrogens is 362 g/mol. The number of hydrogen-bond donors (Lipinski definition) is 1. The van der Waals surface area contributed by atoms with E-state index in [0.29, 0.717) is 6.54 Å². The van der Waals surface area contributed by atoms with Crippen molar-refractivity contribution in [3.8, 4) is 11.4 Å². The number of fused-ring (bicyclic) bond motifs is 1. The van der Waals surface area contributed by atoms with Crippen LogP contribution in [0, 0.1) is 0 Å². The second-order valence-electron chi connectivity index (χ2n) is 7.75. The molecule has 2 aliphatic heterocycles. The lowest BCUT2D eigenvalue weighted by atomic mass is 10.2. The topological polar surface area (TPSA) is 63.3 Å². The Balaban J connectivity index is 1.42. The van der Waals surface area contributed by atoms with Crippen molar-refractivity contribution in [2.45, 2.75) is 45.8 Å². The van der Waals surface area contributed by atoms with Crippen molar-refractivity contribution in [1.82, 2.24) is 24.2 Å². The summed E-state index contributed by atoms with van der Waals surface area (Å²) in [6, 6.07) is 10.4. The quantitative estimate of drug-likeness (QED) is 0.724. The fourth-order valence-corrected chi connectivity index (χ4v) is 4.17. The van der Waals surface area contributed by atoms with Gasteiger partial charge < -0.3 is 14.8 Å². The van der Waals surface area contributed by atoms with Gasteiger partial charge >= 0.3 is 0 Å². The summed E-state index contributed by atoms with van der Waals surface area (Å²) in [6.07, 6.45) is 7.55. The highest BCUT2D eigenvalue weighted by molar-refractivity contribution is 5.95. The van der Waals surface area contributed by atoms with Crippen LogP contribution >= 0.6 is 0 Å². The zero-order chi connectivity index (χ0) is 19.6. The molecule has 1 saturated heterocycles. The highest BCUT2D eigenvalue weighted by atomic mass is 15.3. The minimum Gasteiger partial charge on any atom is -0.343 e. The molecule has 1 fully saturated rings. The summed E-state index contributed by atoms with van der Waals surface area (Å²) in [5, 5.41) is 8.07. The van der Waals surface area contributed by atoms with Gasteiger partial charge in [0, 0.05) is 25.8 Å². The van der Waals surface area contributed by atoms with Crippen molar-refractivity contribution in [3.05, 3.63) is 54.0 Å². The van der Waals surface area contributed by atoms with Crippen LogP contribution in [0.3, 0.4) is 0 Å². The van der Waals surface area contributed by atoms with Gasteiger partial charge in [0.15, 0.2) is 11.8 Å². The number of nitrogens with zero attached hydrogens (tertiary/aromatic N) is 6. The molecule has 1 aromatic carbocycles. The van der Waals surface area contributed by atoms with Crippen LogP contribution in [0.4, 0.5) is 5.82 Å². The number of benzene rings is 1. The number of aromatic nitrogens is 4. The van der Waals surface area contributed by atoms with E-state index in [2.05, 4.69) is 57.3 Å². The Morgan fingerprint density at radius 2 is 1.93 bits per heavy atom. The van der Waals surface area contributed by atoms with E-state index in [0.717, 1.165) is 55.8 Å². The predicted molar refractivity (Wildman–Crippen MR) is 115 cm³/mol. The third-order valence-electron chi connectivity index (χ3n) is 5.61. The van der Waals surface area contributed by atoms with Crippen LogP contribution in [-0.4, -0.2) is 43.3 Å². The lowest BCUT2D eigenvalue weighted by Gasteiger charge is -2.24. The first kappa shape index (κ1) is 18.0. The van der Waals surface area contributed by atoms with Crippen LogP contribution in [0.15, 0.2) is 47.7 Å². The molecule has 0 aliphatic carbocycles. The molecule has 2 aliphatic rings. The van der Waals surface area contributed by atoms with Crippen molar-refractivity contribution >= 4 is 11.8 Å². The number of rotatable bonds is 5. The lowest BCUT2D eigenvalue weighted by molar-refractivity contribution is 0.512. The zero-order valence-electron chi connectivity index (χ0n) is 16.9. The minimum atomic E-state index is 0.680. The monoisotopic (exact) mass is 389 g/mol. The Labute approximate surface area is 171 Å². The molecule has 5 rings (SSSR count). The normalized spacial score (nSPS) is 15.9. The second-order valence-corrected chi connectivity index (χ2v) is 7.75. The molecule has 2 aromatic heterocycles. The zero-order valence-corrected chi connectivity index (χ0v) is 16.9. The second kappa shape index (κ2) is 7.73. The van der Waals surface area contributed by atoms with Gasteiger partial charge in [0.25, 0.3) is 0 Å². The maximum atomic E-state index is 4.97. The maximum absolute atomic E-state index is 4.97. The van der Waals surface area contributed by atoms with Crippen molar-refractivity contribution in [2.24, 2.45) is 4.99 Å². The molecule has 0 atom stereocenters. The summed E-state index contributed by atoms with van der Waals surface area (Å²) in [7, 11) is 0. The van der Waals surface area contributed by atoms with E-state index in [1.54, 1.807) is 0 Å². The molecule has 0 radical (unpaired) electrons. The average Bonchev–Trinajstić information content (AvgIpc) is 3.49. The van der Waals surface area contributed by atoms with Crippen molar-refractivity contribution < 1.29 is 0 Å². The Morgan fingerprint density at radius 1 is 1.10 bits per heavy atom. The summed E-state index contributed by atoms with van der Waals surface area (Å²) < 4.78 is 4.28. The average molecular weight is 390 g/mol. The molecule has 0 unspecified atom stereocenters. The Hall–Kier alpha value is -3.09. The Kier molecular flexibility index (Phi) is 4.79. The third-order valence-corrected chi connectivity index (χ3v) is 5.61. The van der Waals surface area contributed by atoms with Gasteiger partial charge in [-0.1, -0.05) is 37.3 Å². The van der Waals surface area contributed by atoms with Gasteiger partial charge in [0.1, 0.15) is 5.82 Å². The van der Waals surface area contributed by atoms with Gasteiger partial charge in [-0.05, 0) is 24.8 Å². The number of guanidine groups is 1. The molecule has 7 nitrogen and oxygen atoms in total. The molecular formula is C22H27N7. The molecule has 4 heterocycles. The highest BCUT2D eigenvalue weighted by Crippen LogP contribution is 2.29. The molecule has 0 saturated carbocycles. The smallest absolute Gasteiger partial charge is 0.200 e. The third kappa shape index (κ3) is 3.52. The van der Waals surface area contributed by atoms with Crippen LogP contribution < -0.4 is 5.32 Å². The van der Waals surface area contributed by atoms with Gasteiger partial charge in [-0.25, -0.2) is 9.98 Å². The molecule has 0 bridgehead atoms. The standard InChI is InChI=1S/C22H27N7/c1-2-10-29-19-14-23-22(27-11-6-7-12-27)26-20(19)25-21(29)18-13-24-28(16-18)15-17-8-4-3-5-9-17/h3-5,8-9,13,16H,2,6-7,10-12,14-15H2,1H3,(H,23,26). The van der Waals surface area contributed by atoms with E-state index in [4.69, 9.17) is 9.98 Å². The molecule has 7 heteroatoms. The molecule has 0 spiro atoms. The van der Waals surface area contributed by atoms with E-state index in [9.17, 15) is 0 Å². The van der Waals surface area contributed by atoms with Gasteiger partial charge in [-0.3, -0.25) is 4.68 Å². The summed E-state index contributed by atoms with van der Waals surface area (Å²) in [5.41, 5.74) is 3.46. The van der Waals surface area contributed by atoms with E-state index >= 15 is 0 Å². The summed E-state index contributed by atoms with van der Waals surface area (Å²) in [4.78, 5) is 12.1. The molecule has 0 amide bonds. The molecule has 3 aromatic rings. The summed E-state index contributed by atoms with van der Waals surface area (Å²) in [6.45, 7) is 6.72. The van der Waals surface area contributed by atoms with Gasteiger partial charge in [-0.15, -0.1) is 0 Å². The van der Waals surface area contributed by atoms with Crippen molar-refractivity contribution in [1.29, 1.82) is 0 Å². The van der Waals surface area contributed by atoms with Crippen LogP contribution in [0.1, 0.15) is 37.4 Å². The maximum Gasteiger partial charge on any atom is 0.200 e. The Morgan fingerprint density at radius 3 is 2.72 bits per heavy atom. The van der Waals surface area contributed by atoms with Gasteiger partial charge in [-0.2, -0.15) is 5.10 Å². The fraction of sp³-hybridized carbons (Fsp3) is 0.409. The van der Waals surface area contributed by atoms with Gasteiger partial charge in [0.05, 0.1) is 30.5 Å². The molecule has 1 N–H and O–H groups in total. The summed E-state index contributed by atoms with van der Waals surface area (Å²) in [5.74, 6) is 2.89. The Bertz CT molecular complexity index is 1010. The lowest BCUT2D eigenvalue weighted by Crippen LogP contribution is -2.36. The first-order chi connectivity index (χ1) is 14.3. The van der Waals surface area contributed by atoms with E-state index in [1.807, 2.05) is 16.9 Å². The van der Waals surface area contributed by atoms with E-state index < -0.39 is 0 Å². The first-order valence-corrected chi connectivity index (χ1v) is 10.5. The number of hydrogen-bond acceptors (Lipinski definition) is 5. The minimum absolute atomic E-state index is 0.680. The predicted octanol–water partition coefficient (Wildman–Crippen LogP) is 3.58. The van der Waals surface area contributed by atoms with Crippen LogP contribution in [0.25, 0.3) is 11.4 Å². The van der Waals surface area contributed by atoms with Crippen LogP contribution in [0.5, 0.6) is 0 Å². The van der Waals surface area contributed by atoms with Gasteiger partial charge in [0.2, 0.25) is 0 Å². The van der Waals surface area contributed by atoms with Crippen LogP contribution in [-0.2, 0) is 19.6 Å². The fourth-order valence-electron chi connectivity index (χ4n) is 4.17. The largest absolute Gasteiger partial charge is 0.343 e. The number of likely N-dealkylation sites (tertiary alicyclic amines) is 1. The summed E-state index contributed by atoms with van der Waals surface area (Å²) >= 11 is 0. The number of nitrogens with one attached hydrogen (secondary N) is 1. The van der Waals surface area contributed by atoms with Crippen molar-refractivity contribution in [3.63, 3.8) is 0 Å². The van der Waals surface area contributed by atoms with Crippen molar-refractivity contribution in [2.75, 3.05) is 18.4 Å². The molecule has 150 valence electrons. The number of imidazole rings is 1.